The van der Waals surface area contributed by atoms with Crippen molar-refractivity contribution in [1.29, 1.82) is 0 Å². The number of carbonyl (C=O) groups is 4. The maximum Gasteiger partial charge on any atom is 0.472 e. The molecule has 0 rings (SSSR count). The smallest absolute Gasteiger partial charge is 0.462 e. The number of phosphoric acid groups is 2. The highest BCUT2D eigenvalue weighted by molar-refractivity contribution is 7.47. The van der Waals surface area contributed by atoms with Gasteiger partial charge in [-0.1, -0.05) is 409 Å². The summed E-state index contributed by atoms with van der Waals surface area (Å²) in [5, 5.41) is 10.7. The fourth-order valence-electron chi connectivity index (χ4n) is 13.6. The lowest BCUT2D eigenvalue weighted by molar-refractivity contribution is -0.161. The van der Waals surface area contributed by atoms with Gasteiger partial charge in [0, 0.05) is 25.7 Å². The van der Waals surface area contributed by atoms with E-state index in [9.17, 15) is 43.2 Å². The van der Waals surface area contributed by atoms with E-state index >= 15 is 0 Å². The normalized spacial score (nSPS) is 14.7. The number of carbonyl (C=O) groups excluding carboxylic acids is 4. The summed E-state index contributed by atoms with van der Waals surface area (Å²) in [7, 11) is -9.93. The Balaban J connectivity index is 5.24. The van der Waals surface area contributed by atoms with Gasteiger partial charge in [0.15, 0.2) is 12.2 Å². The maximum atomic E-state index is 13.2. The summed E-state index contributed by atoms with van der Waals surface area (Å²) in [6.45, 7) is 14.4. The average Bonchev–Trinajstić information content (AvgIpc) is 0.902. The third-order valence-corrected chi connectivity index (χ3v) is 23.6. The van der Waals surface area contributed by atoms with Gasteiger partial charge in [-0.25, -0.2) is 9.13 Å². The van der Waals surface area contributed by atoms with Crippen molar-refractivity contribution in [3.63, 3.8) is 0 Å². The molecule has 17 nitrogen and oxygen atoms in total. The third kappa shape index (κ3) is 77.8. The number of phosphoric ester groups is 2. The van der Waals surface area contributed by atoms with E-state index in [-0.39, 0.29) is 25.7 Å². The summed E-state index contributed by atoms with van der Waals surface area (Å²) in [6, 6.07) is 0. The van der Waals surface area contributed by atoms with Gasteiger partial charge in [-0.15, -0.1) is 0 Å². The van der Waals surface area contributed by atoms with Crippen LogP contribution in [0.25, 0.3) is 0 Å². The zero-order valence-electron chi connectivity index (χ0n) is 70.8. The Morgan fingerprint density at radius 1 is 0.262 bits per heavy atom. The molecule has 0 amide bonds. The van der Waals surface area contributed by atoms with E-state index in [4.69, 9.17) is 37.0 Å². The van der Waals surface area contributed by atoms with E-state index in [0.29, 0.717) is 25.7 Å². The Hall–Kier alpha value is -1.94. The highest BCUT2D eigenvalue weighted by Gasteiger charge is 2.31. The molecule has 0 saturated heterocycles. The Morgan fingerprint density at radius 2 is 0.449 bits per heavy atom. The van der Waals surface area contributed by atoms with Crippen molar-refractivity contribution in [3.05, 3.63) is 0 Å². The number of aliphatic hydroxyl groups is 1. The molecule has 3 N–H and O–H groups in total. The van der Waals surface area contributed by atoms with Gasteiger partial charge < -0.3 is 33.8 Å². The molecule has 0 aromatic heterocycles. The summed E-state index contributed by atoms with van der Waals surface area (Å²) >= 11 is 0. The first-order valence-corrected chi connectivity index (χ1v) is 48.3. The van der Waals surface area contributed by atoms with Crippen molar-refractivity contribution < 1.29 is 80.2 Å². The van der Waals surface area contributed by atoms with Crippen LogP contribution in [0.4, 0.5) is 0 Å². The molecule has 0 bridgehead atoms. The summed E-state index contributed by atoms with van der Waals surface area (Å²) in [4.78, 5) is 73.3. The van der Waals surface area contributed by atoms with Crippen molar-refractivity contribution in [2.75, 3.05) is 39.6 Å². The molecule has 107 heavy (non-hydrogen) atoms. The number of esters is 4. The first kappa shape index (κ1) is 105. The van der Waals surface area contributed by atoms with E-state index in [0.717, 1.165) is 120 Å². The van der Waals surface area contributed by atoms with Crippen molar-refractivity contribution in [1.82, 2.24) is 0 Å². The Morgan fingerprint density at radius 3 is 0.664 bits per heavy atom. The molecule has 0 aliphatic rings. The zero-order chi connectivity index (χ0) is 78.8. The summed E-state index contributed by atoms with van der Waals surface area (Å²) in [5.41, 5.74) is 0. The fraction of sp³-hybridized carbons (Fsp3) is 0.955. The minimum atomic E-state index is -4.97. The predicted octanol–water partition coefficient (Wildman–Crippen LogP) is 26.7. The monoisotopic (exact) mass is 1560 g/mol. The Labute approximate surface area is 658 Å². The SMILES string of the molecule is CCC(C)CCCCCCCCCCCCCCCCC(=O)OC[C@H](COP(=O)(O)OC[C@@H](O)COP(=O)(O)OC[C@@H](COC(=O)CCCCCCCCC(C)CC)OC(=O)CCCCCCCCCCCCCCCCC(C)CC)OC(=O)CCCCCCCCCCCCCCCCCCCCC(C)C. The molecule has 0 saturated carbocycles. The van der Waals surface area contributed by atoms with E-state index in [2.05, 4.69) is 55.4 Å². The van der Waals surface area contributed by atoms with Gasteiger partial charge in [0.2, 0.25) is 0 Å². The highest BCUT2D eigenvalue weighted by atomic mass is 31.2. The molecule has 8 atom stereocenters. The van der Waals surface area contributed by atoms with Gasteiger partial charge in [-0.05, 0) is 49.4 Å². The molecule has 0 radical (unpaired) electrons. The largest absolute Gasteiger partial charge is 0.472 e. The van der Waals surface area contributed by atoms with Crippen LogP contribution in [0, 0.1) is 23.7 Å². The van der Waals surface area contributed by atoms with Crippen LogP contribution < -0.4 is 0 Å². The van der Waals surface area contributed by atoms with Gasteiger partial charge in [0.05, 0.1) is 26.4 Å². The minimum absolute atomic E-state index is 0.107. The average molecular weight is 1560 g/mol. The molecule has 5 unspecified atom stereocenters. The topological polar surface area (TPSA) is 237 Å². The number of rotatable bonds is 85. The summed E-state index contributed by atoms with van der Waals surface area (Å²) < 4.78 is 69.0. The van der Waals surface area contributed by atoms with Gasteiger partial charge >= 0.3 is 39.5 Å². The number of aliphatic hydroxyl groups excluding tert-OH is 1. The van der Waals surface area contributed by atoms with Gasteiger partial charge in [-0.2, -0.15) is 0 Å². The quantitative estimate of drug-likeness (QED) is 0.0222. The number of unbranched alkanes of at least 4 members (excludes halogenated alkanes) is 48. The number of hydrogen-bond acceptors (Lipinski definition) is 15. The van der Waals surface area contributed by atoms with Gasteiger partial charge in [0.25, 0.3) is 0 Å². The second-order valence-corrected chi connectivity index (χ2v) is 35.7. The van der Waals surface area contributed by atoms with Crippen molar-refractivity contribution in [2.45, 2.75) is 478 Å². The summed E-state index contributed by atoms with van der Waals surface area (Å²) in [5.74, 6) is 1.14. The van der Waals surface area contributed by atoms with Crippen LogP contribution in [0.15, 0.2) is 0 Å². The molecular formula is C88H172O17P2. The lowest BCUT2D eigenvalue weighted by atomic mass is 9.99. The van der Waals surface area contributed by atoms with Gasteiger partial charge in [-0.3, -0.25) is 37.3 Å². The van der Waals surface area contributed by atoms with E-state index in [1.807, 2.05) is 0 Å². The Kier molecular flexibility index (Phi) is 75.3. The lowest BCUT2D eigenvalue weighted by Crippen LogP contribution is -2.30. The molecule has 19 heteroatoms. The van der Waals surface area contributed by atoms with Crippen LogP contribution in [-0.2, 0) is 65.4 Å². The van der Waals surface area contributed by atoms with Crippen molar-refractivity contribution in [3.8, 4) is 0 Å². The molecule has 0 aliphatic carbocycles. The minimum Gasteiger partial charge on any atom is -0.462 e. The predicted molar refractivity (Wildman–Crippen MR) is 441 cm³/mol. The second-order valence-electron chi connectivity index (χ2n) is 32.8. The zero-order valence-corrected chi connectivity index (χ0v) is 72.6. The highest BCUT2D eigenvalue weighted by Crippen LogP contribution is 2.45. The first-order valence-electron chi connectivity index (χ1n) is 45.3. The van der Waals surface area contributed by atoms with E-state index in [1.165, 1.54) is 257 Å². The second kappa shape index (κ2) is 76.7. The molecular weight excluding hydrogens is 1390 g/mol. The maximum absolute atomic E-state index is 13.2. The summed E-state index contributed by atoms with van der Waals surface area (Å²) in [6.07, 6.45) is 66.6. The molecule has 636 valence electrons. The lowest BCUT2D eigenvalue weighted by Gasteiger charge is -2.21. The van der Waals surface area contributed by atoms with E-state index < -0.39 is 97.5 Å². The Bertz CT molecular complexity index is 2080. The van der Waals surface area contributed by atoms with Gasteiger partial charge in [0.1, 0.15) is 19.3 Å². The molecule has 0 aliphatic heterocycles. The standard InChI is InChI=1S/C88H172O17P2/c1-9-79(6)65-57-49-41-35-29-23-18-20-25-31-37-43-52-60-68-85(90)98-74-83(104-87(92)70-62-54-44-38-32-26-17-15-13-12-14-16-22-28-34-40-48-56-64-78(4)5)76-102-106(94,95)100-72-82(89)73-101-107(96,97)103-77-84(75-99-86(91)69-61-53-47-46-51-59-67-81(8)11-3)105-88(93)71-63-55-45-39-33-27-21-19-24-30-36-42-50-58-66-80(7)10-2/h78-84,89H,9-77H2,1-8H3,(H,94,95)(H,96,97)/t79?,80?,81?,82-,83-,84-/m1/s1. The van der Waals surface area contributed by atoms with Crippen molar-refractivity contribution in [2.24, 2.45) is 23.7 Å². The van der Waals surface area contributed by atoms with Crippen LogP contribution >= 0.6 is 15.6 Å². The molecule has 0 fully saturated rings. The molecule has 0 aromatic rings. The van der Waals surface area contributed by atoms with Crippen LogP contribution in [0.1, 0.15) is 460 Å². The molecule has 0 aromatic carbocycles. The number of hydrogen-bond donors (Lipinski definition) is 3. The fourth-order valence-corrected chi connectivity index (χ4v) is 15.2. The first-order chi connectivity index (χ1) is 51.7. The third-order valence-electron chi connectivity index (χ3n) is 21.7. The van der Waals surface area contributed by atoms with E-state index in [1.54, 1.807) is 0 Å². The number of ether oxygens (including phenoxy) is 4. The van der Waals surface area contributed by atoms with Crippen LogP contribution in [0.3, 0.4) is 0 Å². The van der Waals surface area contributed by atoms with Crippen LogP contribution in [0.5, 0.6) is 0 Å². The molecule has 0 heterocycles. The molecule has 0 spiro atoms. The van der Waals surface area contributed by atoms with Crippen LogP contribution in [0.2, 0.25) is 0 Å². The van der Waals surface area contributed by atoms with Crippen molar-refractivity contribution >= 4 is 39.5 Å². The van der Waals surface area contributed by atoms with Crippen LogP contribution in [-0.4, -0.2) is 96.7 Å².